The molecule has 5 heteroatoms. The van der Waals surface area contributed by atoms with Crippen molar-refractivity contribution < 1.29 is 4.79 Å². The maximum atomic E-state index is 12.8. The smallest absolute Gasteiger partial charge is 0.272 e. The van der Waals surface area contributed by atoms with E-state index in [1.165, 1.54) is 19.3 Å². The Bertz CT molecular complexity index is 1140. The van der Waals surface area contributed by atoms with Gasteiger partial charge in [0.25, 0.3) is 11.5 Å². The Hall–Kier alpha value is -2.95. The molecule has 2 aromatic carbocycles. The van der Waals surface area contributed by atoms with E-state index >= 15 is 0 Å². The summed E-state index contributed by atoms with van der Waals surface area (Å²) < 4.78 is 1.78. The zero-order chi connectivity index (χ0) is 21.3. The summed E-state index contributed by atoms with van der Waals surface area (Å²) >= 11 is 0. The molecule has 0 atom stereocenters. The van der Waals surface area contributed by atoms with Crippen LogP contribution in [-0.2, 0) is 6.54 Å². The van der Waals surface area contributed by atoms with Crippen LogP contribution in [0.3, 0.4) is 0 Å². The minimum atomic E-state index is -0.0788. The highest BCUT2D eigenvalue weighted by Gasteiger charge is 2.17. The fourth-order valence-electron chi connectivity index (χ4n) is 4.24. The van der Waals surface area contributed by atoms with Crippen molar-refractivity contribution >= 4 is 16.9 Å². The minimum absolute atomic E-state index is 0.0121. The lowest BCUT2D eigenvalue weighted by Gasteiger charge is -2.22. The molecule has 4 rings (SSSR count). The predicted octanol–water partition coefficient (Wildman–Crippen LogP) is 4.43. The van der Waals surface area contributed by atoms with Crippen molar-refractivity contribution in [3.8, 4) is 0 Å². The van der Waals surface area contributed by atoms with E-state index in [4.69, 9.17) is 0 Å². The second kappa shape index (κ2) is 8.42. The lowest BCUT2D eigenvalue weighted by molar-refractivity contribution is 0.0927. The van der Waals surface area contributed by atoms with E-state index in [0.717, 1.165) is 40.6 Å². The van der Waals surface area contributed by atoms with E-state index in [-0.39, 0.29) is 11.5 Å². The molecule has 3 aromatic rings. The van der Waals surface area contributed by atoms with Gasteiger partial charge in [-0.1, -0.05) is 31.4 Å². The Morgan fingerprint density at radius 2 is 1.70 bits per heavy atom. The summed E-state index contributed by atoms with van der Waals surface area (Å²) in [7, 11) is 0. The van der Waals surface area contributed by atoms with Crippen molar-refractivity contribution in [1.82, 2.24) is 14.9 Å². The predicted molar refractivity (Wildman–Crippen MR) is 120 cm³/mol. The molecule has 1 saturated carbocycles. The molecular formula is C25H29N3O2. The Balaban J connectivity index is 1.58. The molecule has 0 unspecified atom stereocenters. The number of carbonyl (C=O) groups excluding carboxylic acids is 1. The van der Waals surface area contributed by atoms with E-state index in [9.17, 15) is 9.59 Å². The topological polar surface area (TPSA) is 64.0 Å². The fourth-order valence-corrected chi connectivity index (χ4v) is 4.24. The largest absolute Gasteiger partial charge is 0.349 e. The van der Waals surface area contributed by atoms with Gasteiger partial charge in [0.15, 0.2) is 0 Å². The molecule has 1 heterocycles. The van der Waals surface area contributed by atoms with Crippen LogP contribution in [0.1, 0.15) is 64.8 Å². The number of aryl methyl sites for hydroxylation is 3. The van der Waals surface area contributed by atoms with Gasteiger partial charge in [0.2, 0.25) is 0 Å². The Kier molecular flexibility index (Phi) is 5.71. The van der Waals surface area contributed by atoms with Gasteiger partial charge in [-0.15, -0.1) is 0 Å². The van der Waals surface area contributed by atoms with Crippen LogP contribution in [0.4, 0.5) is 0 Å². The summed E-state index contributed by atoms with van der Waals surface area (Å²) in [6, 6.07) is 11.9. The number of carbonyl (C=O) groups is 1. The zero-order valence-electron chi connectivity index (χ0n) is 18.0. The van der Waals surface area contributed by atoms with Crippen molar-refractivity contribution in [2.45, 2.75) is 65.5 Å². The third-order valence-electron chi connectivity index (χ3n) is 6.22. The molecule has 1 aromatic heterocycles. The molecule has 0 radical (unpaired) electrons. The van der Waals surface area contributed by atoms with Gasteiger partial charge in [-0.3, -0.25) is 9.59 Å². The highest BCUT2D eigenvalue weighted by Crippen LogP contribution is 2.19. The highest BCUT2D eigenvalue weighted by atomic mass is 16.1. The van der Waals surface area contributed by atoms with Gasteiger partial charge in [0.05, 0.1) is 17.6 Å². The number of rotatable bonds is 4. The summed E-state index contributed by atoms with van der Waals surface area (Å²) in [6.45, 7) is 6.30. The van der Waals surface area contributed by atoms with E-state index in [2.05, 4.69) is 17.2 Å². The Morgan fingerprint density at radius 1 is 1.03 bits per heavy atom. The standard InChI is InChI=1S/C25H29N3O2/c1-16-13-22-23(14-17(16)2)28(25(30)18(3)26-22)15-19-9-11-20(12-10-19)24(29)27-21-7-5-4-6-8-21/h9-14,21H,4-8,15H2,1-3H3,(H,27,29). The quantitative estimate of drug-likeness (QED) is 0.701. The number of amides is 1. The van der Waals surface area contributed by atoms with Gasteiger partial charge in [-0.25, -0.2) is 4.98 Å². The number of nitrogens with one attached hydrogen (secondary N) is 1. The number of benzene rings is 2. The molecule has 0 saturated heterocycles. The average Bonchev–Trinajstić information content (AvgIpc) is 2.74. The molecule has 0 bridgehead atoms. The van der Waals surface area contributed by atoms with Gasteiger partial charge in [0, 0.05) is 11.6 Å². The second-order valence-corrected chi connectivity index (χ2v) is 8.52. The molecule has 30 heavy (non-hydrogen) atoms. The van der Waals surface area contributed by atoms with Crippen LogP contribution in [-0.4, -0.2) is 21.5 Å². The van der Waals surface area contributed by atoms with Crippen molar-refractivity contribution in [3.63, 3.8) is 0 Å². The zero-order valence-corrected chi connectivity index (χ0v) is 18.0. The van der Waals surface area contributed by atoms with Crippen molar-refractivity contribution in [2.75, 3.05) is 0 Å². The summed E-state index contributed by atoms with van der Waals surface area (Å²) in [5, 5.41) is 3.15. The number of hydrogen-bond acceptors (Lipinski definition) is 3. The lowest BCUT2D eigenvalue weighted by atomic mass is 9.95. The molecular weight excluding hydrogens is 374 g/mol. The molecule has 1 N–H and O–H groups in total. The van der Waals surface area contributed by atoms with Crippen molar-refractivity contribution in [2.24, 2.45) is 0 Å². The monoisotopic (exact) mass is 403 g/mol. The molecule has 0 aliphatic heterocycles. The van der Waals surface area contributed by atoms with E-state index in [1.807, 2.05) is 43.3 Å². The maximum Gasteiger partial charge on any atom is 0.272 e. The first-order chi connectivity index (χ1) is 14.4. The van der Waals surface area contributed by atoms with Gasteiger partial charge < -0.3 is 9.88 Å². The van der Waals surface area contributed by atoms with Gasteiger partial charge >= 0.3 is 0 Å². The van der Waals surface area contributed by atoms with Crippen molar-refractivity contribution in [1.29, 1.82) is 0 Å². The maximum absolute atomic E-state index is 12.8. The summed E-state index contributed by atoms with van der Waals surface area (Å²) in [5.41, 5.74) is 6.03. The molecule has 1 aliphatic carbocycles. The number of aromatic nitrogens is 2. The number of nitrogens with zero attached hydrogens (tertiary/aromatic N) is 2. The van der Waals surface area contributed by atoms with E-state index < -0.39 is 0 Å². The van der Waals surface area contributed by atoms with Gasteiger partial charge in [0.1, 0.15) is 5.69 Å². The van der Waals surface area contributed by atoms with Crippen LogP contribution in [0.5, 0.6) is 0 Å². The number of fused-ring (bicyclic) bond motifs is 1. The lowest BCUT2D eigenvalue weighted by Crippen LogP contribution is -2.36. The van der Waals surface area contributed by atoms with Crippen LogP contribution in [0.25, 0.3) is 11.0 Å². The first kappa shape index (κ1) is 20.3. The van der Waals surface area contributed by atoms with Crippen LogP contribution >= 0.6 is 0 Å². The molecule has 5 nitrogen and oxygen atoms in total. The number of hydrogen-bond donors (Lipinski definition) is 1. The third-order valence-corrected chi connectivity index (χ3v) is 6.22. The van der Waals surface area contributed by atoms with Crippen LogP contribution in [0.15, 0.2) is 41.2 Å². The van der Waals surface area contributed by atoms with Crippen LogP contribution in [0, 0.1) is 20.8 Å². The minimum Gasteiger partial charge on any atom is -0.349 e. The summed E-state index contributed by atoms with van der Waals surface area (Å²) in [6.07, 6.45) is 5.79. The van der Waals surface area contributed by atoms with E-state index in [0.29, 0.717) is 23.8 Å². The van der Waals surface area contributed by atoms with Gasteiger partial charge in [-0.05, 0) is 74.6 Å². The van der Waals surface area contributed by atoms with Crippen LogP contribution in [0.2, 0.25) is 0 Å². The van der Waals surface area contributed by atoms with Gasteiger partial charge in [-0.2, -0.15) is 0 Å². The first-order valence-corrected chi connectivity index (χ1v) is 10.8. The Labute approximate surface area is 177 Å². The normalized spacial score (nSPS) is 14.8. The molecule has 0 spiro atoms. The van der Waals surface area contributed by atoms with Crippen LogP contribution < -0.4 is 10.9 Å². The van der Waals surface area contributed by atoms with E-state index in [1.54, 1.807) is 11.5 Å². The molecule has 156 valence electrons. The first-order valence-electron chi connectivity index (χ1n) is 10.8. The summed E-state index contributed by atoms with van der Waals surface area (Å²) in [5.74, 6) is -0.0121. The second-order valence-electron chi connectivity index (χ2n) is 8.52. The molecule has 1 aliphatic rings. The SMILES string of the molecule is Cc1cc2nc(C)c(=O)n(Cc3ccc(C(=O)NC4CCCCC4)cc3)c2cc1C. The average molecular weight is 404 g/mol. The highest BCUT2D eigenvalue weighted by molar-refractivity contribution is 5.94. The Morgan fingerprint density at radius 3 is 2.40 bits per heavy atom. The summed E-state index contributed by atoms with van der Waals surface area (Å²) in [4.78, 5) is 29.9. The molecule has 1 fully saturated rings. The molecule has 1 amide bonds. The third kappa shape index (κ3) is 4.16. The fraction of sp³-hybridized carbons (Fsp3) is 0.400. The van der Waals surface area contributed by atoms with Crippen molar-refractivity contribution in [3.05, 3.63) is 74.7 Å².